The van der Waals surface area contributed by atoms with Gasteiger partial charge in [0.25, 0.3) is 0 Å². The standard InChI is InChI=1S/C8H13N3O2/c1-10-5-8(12)11-2-3-13-7(4-9)6-11/h7,10H,2-3,5-6H2,1H3. The molecule has 5 nitrogen and oxygen atoms in total. The Morgan fingerprint density at radius 2 is 2.62 bits per heavy atom. The molecular formula is C8H13N3O2. The Morgan fingerprint density at radius 3 is 3.23 bits per heavy atom. The molecule has 1 aliphatic heterocycles. The molecule has 5 heteroatoms. The fourth-order valence-corrected chi connectivity index (χ4v) is 1.22. The van der Waals surface area contributed by atoms with E-state index in [4.69, 9.17) is 10.00 Å². The second-order valence-corrected chi connectivity index (χ2v) is 2.86. The van der Waals surface area contributed by atoms with Gasteiger partial charge in [-0.2, -0.15) is 5.26 Å². The zero-order valence-corrected chi connectivity index (χ0v) is 7.62. The second-order valence-electron chi connectivity index (χ2n) is 2.86. The maximum Gasteiger partial charge on any atom is 0.236 e. The molecule has 0 radical (unpaired) electrons. The predicted octanol–water partition coefficient (Wildman–Crippen LogP) is -1.04. The van der Waals surface area contributed by atoms with Gasteiger partial charge in [0.1, 0.15) is 0 Å². The summed E-state index contributed by atoms with van der Waals surface area (Å²) in [6, 6.07) is 1.99. The normalized spacial score (nSPS) is 22.5. The Labute approximate surface area is 77.3 Å². The third-order valence-electron chi connectivity index (χ3n) is 1.89. The summed E-state index contributed by atoms with van der Waals surface area (Å²) in [5.41, 5.74) is 0. The summed E-state index contributed by atoms with van der Waals surface area (Å²) < 4.78 is 5.11. The van der Waals surface area contributed by atoms with Crippen LogP contribution in [-0.2, 0) is 9.53 Å². The van der Waals surface area contributed by atoms with Crippen LogP contribution in [-0.4, -0.2) is 50.2 Å². The quantitative estimate of drug-likeness (QED) is 0.593. The maximum atomic E-state index is 11.4. The summed E-state index contributed by atoms with van der Waals surface area (Å²) in [5.74, 6) is 0.0195. The van der Waals surface area contributed by atoms with E-state index in [1.807, 2.05) is 6.07 Å². The van der Waals surface area contributed by atoms with Gasteiger partial charge in [-0.15, -0.1) is 0 Å². The molecule has 72 valence electrons. The molecule has 1 heterocycles. The van der Waals surface area contributed by atoms with E-state index in [-0.39, 0.29) is 5.91 Å². The number of rotatable bonds is 2. The van der Waals surface area contributed by atoms with Crippen molar-refractivity contribution in [1.82, 2.24) is 10.2 Å². The summed E-state index contributed by atoms with van der Waals surface area (Å²) >= 11 is 0. The summed E-state index contributed by atoms with van der Waals surface area (Å²) in [4.78, 5) is 13.0. The Kier molecular flexibility index (Phi) is 3.68. The van der Waals surface area contributed by atoms with Crippen LogP contribution in [0.25, 0.3) is 0 Å². The molecule has 0 saturated carbocycles. The van der Waals surface area contributed by atoms with Crippen molar-refractivity contribution >= 4 is 5.91 Å². The van der Waals surface area contributed by atoms with Crippen LogP contribution < -0.4 is 5.32 Å². The molecular weight excluding hydrogens is 170 g/mol. The van der Waals surface area contributed by atoms with Gasteiger partial charge in [0, 0.05) is 6.54 Å². The minimum Gasteiger partial charge on any atom is -0.360 e. The van der Waals surface area contributed by atoms with E-state index in [1.54, 1.807) is 11.9 Å². The summed E-state index contributed by atoms with van der Waals surface area (Å²) in [6.07, 6.45) is -0.463. The van der Waals surface area contributed by atoms with Crippen LogP contribution in [0.2, 0.25) is 0 Å². The first kappa shape index (κ1) is 9.96. The molecule has 0 aromatic carbocycles. The minimum atomic E-state index is -0.463. The SMILES string of the molecule is CNCC(=O)N1CCOC(C#N)C1. The lowest BCUT2D eigenvalue weighted by Crippen LogP contribution is -2.47. The first-order valence-electron chi connectivity index (χ1n) is 4.21. The Hall–Kier alpha value is -1.12. The van der Waals surface area contributed by atoms with Crippen molar-refractivity contribution in [2.45, 2.75) is 6.10 Å². The van der Waals surface area contributed by atoms with Gasteiger partial charge in [-0.05, 0) is 7.05 Å². The number of carbonyl (C=O) groups is 1. The molecule has 1 N–H and O–H groups in total. The largest absolute Gasteiger partial charge is 0.360 e. The number of nitriles is 1. The molecule has 0 bridgehead atoms. The van der Waals surface area contributed by atoms with E-state index >= 15 is 0 Å². The lowest BCUT2D eigenvalue weighted by Gasteiger charge is -2.29. The molecule has 1 aliphatic rings. The van der Waals surface area contributed by atoms with E-state index in [0.29, 0.717) is 26.2 Å². The lowest BCUT2D eigenvalue weighted by atomic mass is 10.3. The first-order valence-corrected chi connectivity index (χ1v) is 4.21. The minimum absolute atomic E-state index is 0.0195. The highest BCUT2D eigenvalue weighted by Gasteiger charge is 2.22. The lowest BCUT2D eigenvalue weighted by molar-refractivity contribution is -0.135. The fraction of sp³-hybridized carbons (Fsp3) is 0.750. The van der Waals surface area contributed by atoms with Crippen LogP contribution in [0.3, 0.4) is 0 Å². The van der Waals surface area contributed by atoms with Gasteiger partial charge in [-0.1, -0.05) is 0 Å². The molecule has 0 aromatic rings. The van der Waals surface area contributed by atoms with Crippen molar-refractivity contribution in [2.75, 3.05) is 33.3 Å². The first-order chi connectivity index (χ1) is 6.27. The van der Waals surface area contributed by atoms with Crippen LogP contribution in [0.1, 0.15) is 0 Å². The third kappa shape index (κ3) is 2.68. The zero-order valence-electron chi connectivity index (χ0n) is 7.62. The Balaban J connectivity index is 2.42. The van der Waals surface area contributed by atoms with Crippen molar-refractivity contribution in [1.29, 1.82) is 5.26 Å². The number of ether oxygens (including phenoxy) is 1. The van der Waals surface area contributed by atoms with Gasteiger partial charge >= 0.3 is 0 Å². The molecule has 13 heavy (non-hydrogen) atoms. The highest BCUT2D eigenvalue weighted by atomic mass is 16.5. The smallest absolute Gasteiger partial charge is 0.236 e. The number of carbonyl (C=O) groups excluding carboxylic acids is 1. The van der Waals surface area contributed by atoms with Gasteiger partial charge in [-0.3, -0.25) is 4.79 Å². The third-order valence-corrected chi connectivity index (χ3v) is 1.89. The number of hydrogen-bond donors (Lipinski definition) is 1. The van der Waals surface area contributed by atoms with Gasteiger partial charge in [0.15, 0.2) is 6.10 Å². The molecule has 1 rings (SSSR count). The van der Waals surface area contributed by atoms with E-state index in [2.05, 4.69) is 5.32 Å². The van der Waals surface area contributed by atoms with E-state index < -0.39 is 6.10 Å². The highest BCUT2D eigenvalue weighted by Crippen LogP contribution is 2.03. The number of likely N-dealkylation sites (N-methyl/N-ethyl adjacent to an activating group) is 1. The molecule has 0 aromatic heterocycles. The van der Waals surface area contributed by atoms with Gasteiger partial charge < -0.3 is 15.0 Å². The van der Waals surface area contributed by atoms with Crippen molar-refractivity contribution in [3.8, 4) is 6.07 Å². The van der Waals surface area contributed by atoms with Crippen LogP contribution >= 0.6 is 0 Å². The summed E-state index contributed by atoms with van der Waals surface area (Å²) in [6.45, 7) is 1.74. The number of hydrogen-bond acceptors (Lipinski definition) is 4. The van der Waals surface area contributed by atoms with Crippen LogP contribution in [0.4, 0.5) is 0 Å². The zero-order chi connectivity index (χ0) is 9.68. The molecule has 1 saturated heterocycles. The highest BCUT2D eigenvalue weighted by molar-refractivity contribution is 5.78. The number of amides is 1. The van der Waals surface area contributed by atoms with Crippen molar-refractivity contribution < 1.29 is 9.53 Å². The van der Waals surface area contributed by atoms with Crippen molar-refractivity contribution in [3.63, 3.8) is 0 Å². The van der Waals surface area contributed by atoms with E-state index in [0.717, 1.165) is 0 Å². The Morgan fingerprint density at radius 1 is 1.85 bits per heavy atom. The van der Waals surface area contributed by atoms with Crippen molar-refractivity contribution in [3.05, 3.63) is 0 Å². The topological polar surface area (TPSA) is 65.4 Å². The maximum absolute atomic E-state index is 11.4. The number of nitrogens with one attached hydrogen (secondary N) is 1. The molecule has 0 aliphatic carbocycles. The molecule has 0 spiro atoms. The molecule has 1 atom stereocenters. The van der Waals surface area contributed by atoms with Crippen LogP contribution in [0.15, 0.2) is 0 Å². The summed E-state index contributed by atoms with van der Waals surface area (Å²) in [5, 5.41) is 11.4. The summed E-state index contributed by atoms with van der Waals surface area (Å²) in [7, 11) is 1.72. The van der Waals surface area contributed by atoms with Crippen LogP contribution in [0.5, 0.6) is 0 Å². The monoisotopic (exact) mass is 183 g/mol. The molecule has 1 unspecified atom stereocenters. The Bertz CT molecular complexity index is 224. The van der Waals surface area contributed by atoms with E-state index in [9.17, 15) is 4.79 Å². The molecule has 1 fully saturated rings. The van der Waals surface area contributed by atoms with Gasteiger partial charge in [-0.25, -0.2) is 0 Å². The number of morpholine rings is 1. The number of nitrogens with zero attached hydrogens (tertiary/aromatic N) is 2. The fourth-order valence-electron chi connectivity index (χ4n) is 1.22. The van der Waals surface area contributed by atoms with Crippen LogP contribution in [0, 0.1) is 11.3 Å². The average molecular weight is 183 g/mol. The average Bonchev–Trinajstić information content (AvgIpc) is 2.18. The van der Waals surface area contributed by atoms with E-state index in [1.165, 1.54) is 0 Å². The van der Waals surface area contributed by atoms with Gasteiger partial charge in [0.05, 0.1) is 25.8 Å². The van der Waals surface area contributed by atoms with Crippen molar-refractivity contribution in [2.24, 2.45) is 0 Å². The van der Waals surface area contributed by atoms with Gasteiger partial charge in [0.2, 0.25) is 5.91 Å². The second kappa shape index (κ2) is 4.80. The predicted molar refractivity (Wildman–Crippen MR) is 45.9 cm³/mol. The molecule has 1 amide bonds.